The van der Waals surface area contributed by atoms with Gasteiger partial charge in [0.25, 0.3) is 0 Å². The summed E-state index contributed by atoms with van der Waals surface area (Å²) in [4.78, 5) is 31.0. The second kappa shape index (κ2) is 8.89. The van der Waals surface area contributed by atoms with E-state index in [2.05, 4.69) is 5.32 Å². The van der Waals surface area contributed by atoms with Gasteiger partial charge in [-0.3, -0.25) is 9.63 Å². The molecule has 0 spiro atoms. The second-order valence-electron chi connectivity index (χ2n) is 7.11. The number of benzene rings is 3. The molecule has 1 aliphatic heterocycles. The van der Waals surface area contributed by atoms with Crippen LogP contribution in [0.2, 0.25) is 0 Å². The van der Waals surface area contributed by atoms with E-state index in [1.807, 2.05) is 48.5 Å². The summed E-state index contributed by atoms with van der Waals surface area (Å²) >= 11 is 0. The molecule has 3 atom stereocenters. The van der Waals surface area contributed by atoms with Crippen molar-refractivity contribution in [2.75, 3.05) is 17.5 Å². The van der Waals surface area contributed by atoms with Crippen molar-refractivity contribution in [1.82, 2.24) is 0 Å². The molecule has 0 aromatic heterocycles. The van der Waals surface area contributed by atoms with E-state index in [1.54, 1.807) is 43.5 Å². The summed E-state index contributed by atoms with van der Waals surface area (Å²) in [6, 6.07) is 24.4. The van der Waals surface area contributed by atoms with Gasteiger partial charge in [-0.15, -0.1) is 0 Å². The minimum Gasteiger partial charge on any atom is -0.547 e. The molecule has 0 aliphatic carbocycles. The number of amides is 1. The SMILES string of the molecule is COc1ccc(NC(=O)[C@@H]2[C@@H](c3ccccc3)N(c3ccccc3)O[C@H]2C(=O)[O-])cc1. The summed E-state index contributed by atoms with van der Waals surface area (Å²) in [7, 11) is 1.55. The van der Waals surface area contributed by atoms with Crippen LogP contribution in [0.15, 0.2) is 84.9 Å². The number of para-hydroxylation sites is 1. The fourth-order valence-electron chi connectivity index (χ4n) is 3.72. The number of anilines is 2. The lowest BCUT2D eigenvalue weighted by Gasteiger charge is -2.27. The summed E-state index contributed by atoms with van der Waals surface area (Å²) in [5.41, 5.74) is 1.92. The zero-order chi connectivity index (χ0) is 21.8. The number of methoxy groups -OCH3 is 1. The molecule has 1 N–H and O–H groups in total. The highest BCUT2D eigenvalue weighted by molar-refractivity contribution is 5.97. The summed E-state index contributed by atoms with van der Waals surface area (Å²) in [6.45, 7) is 0. The largest absolute Gasteiger partial charge is 0.547 e. The number of carboxylic acids is 1. The first kappa shape index (κ1) is 20.4. The Morgan fingerprint density at radius 3 is 2.13 bits per heavy atom. The zero-order valence-corrected chi connectivity index (χ0v) is 16.8. The second-order valence-corrected chi connectivity index (χ2v) is 7.11. The zero-order valence-electron chi connectivity index (χ0n) is 16.8. The monoisotopic (exact) mass is 417 g/mol. The van der Waals surface area contributed by atoms with Crippen LogP contribution in [0.1, 0.15) is 11.6 Å². The van der Waals surface area contributed by atoms with Crippen molar-refractivity contribution < 1.29 is 24.3 Å². The molecule has 4 rings (SSSR count). The third-order valence-corrected chi connectivity index (χ3v) is 5.19. The maximum Gasteiger partial charge on any atom is 0.233 e. The average Bonchev–Trinajstić information content (AvgIpc) is 3.22. The van der Waals surface area contributed by atoms with Gasteiger partial charge in [-0.05, 0) is 42.0 Å². The number of aliphatic carboxylic acids is 1. The van der Waals surface area contributed by atoms with Crippen LogP contribution in [0.4, 0.5) is 11.4 Å². The normalized spacial score (nSPS) is 20.3. The van der Waals surface area contributed by atoms with Crippen LogP contribution in [0.3, 0.4) is 0 Å². The van der Waals surface area contributed by atoms with Gasteiger partial charge in [-0.2, -0.15) is 0 Å². The smallest absolute Gasteiger partial charge is 0.233 e. The lowest BCUT2D eigenvalue weighted by Crippen LogP contribution is -2.44. The highest BCUT2D eigenvalue weighted by atomic mass is 16.7. The molecule has 1 saturated heterocycles. The van der Waals surface area contributed by atoms with Crippen molar-refractivity contribution in [2.24, 2.45) is 5.92 Å². The third-order valence-electron chi connectivity index (χ3n) is 5.19. The van der Waals surface area contributed by atoms with Crippen LogP contribution in [0, 0.1) is 5.92 Å². The predicted octanol–water partition coefficient (Wildman–Crippen LogP) is 2.56. The van der Waals surface area contributed by atoms with E-state index in [0.717, 1.165) is 5.56 Å². The van der Waals surface area contributed by atoms with Gasteiger partial charge in [-0.1, -0.05) is 48.5 Å². The van der Waals surface area contributed by atoms with Crippen LogP contribution < -0.4 is 20.2 Å². The molecule has 3 aromatic rings. The average molecular weight is 417 g/mol. The van der Waals surface area contributed by atoms with Gasteiger partial charge in [0.15, 0.2) is 0 Å². The van der Waals surface area contributed by atoms with Crippen LogP contribution in [-0.2, 0) is 14.4 Å². The highest BCUT2D eigenvalue weighted by Crippen LogP contribution is 2.42. The summed E-state index contributed by atoms with van der Waals surface area (Å²) in [5.74, 6) is -2.33. The van der Waals surface area contributed by atoms with Gasteiger partial charge in [0, 0.05) is 5.69 Å². The summed E-state index contributed by atoms with van der Waals surface area (Å²) < 4.78 is 5.14. The van der Waals surface area contributed by atoms with Crippen LogP contribution in [0.25, 0.3) is 0 Å². The molecule has 0 radical (unpaired) electrons. The van der Waals surface area contributed by atoms with Crippen molar-refractivity contribution >= 4 is 23.3 Å². The number of hydrogen-bond acceptors (Lipinski definition) is 6. The van der Waals surface area contributed by atoms with Gasteiger partial charge in [0.1, 0.15) is 11.9 Å². The predicted molar refractivity (Wildman–Crippen MR) is 113 cm³/mol. The van der Waals surface area contributed by atoms with Gasteiger partial charge >= 0.3 is 0 Å². The molecule has 0 saturated carbocycles. The molecule has 31 heavy (non-hydrogen) atoms. The van der Waals surface area contributed by atoms with Crippen molar-refractivity contribution in [3.63, 3.8) is 0 Å². The van der Waals surface area contributed by atoms with E-state index in [4.69, 9.17) is 9.57 Å². The quantitative estimate of drug-likeness (QED) is 0.663. The molecule has 0 bridgehead atoms. The molecule has 7 heteroatoms. The summed E-state index contributed by atoms with van der Waals surface area (Å²) in [6.07, 6.45) is -1.45. The Bertz CT molecular complexity index is 1040. The van der Waals surface area contributed by atoms with Crippen LogP contribution in [0.5, 0.6) is 5.75 Å². The number of nitrogens with one attached hydrogen (secondary N) is 1. The van der Waals surface area contributed by atoms with E-state index in [0.29, 0.717) is 17.1 Å². The highest BCUT2D eigenvalue weighted by Gasteiger charge is 2.49. The maximum absolute atomic E-state index is 13.3. The van der Waals surface area contributed by atoms with Gasteiger partial charge in [-0.25, -0.2) is 5.06 Å². The lowest BCUT2D eigenvalue weighted by atomic mass is 9.88. The first-order chi connectivity index (χ1) is 15.1. The fourth-order valence-corrected chi connectivity index (χ4v) is 3.72. The molecule has 1 fully saturated rings. The van der Waals surface area contributed by atoms with Crippen molar-refractivity contribution in [2.45, 2.75) is 12.1 Å². The Morgan fingerprint density at radius 1 is 0.935 bits per heavy atom. The summed E-state index contributed by atoms with van der Waals surface area (Å²) in [5, 5.41) is 16.2. The molecular formula is C24H21N2O5-. The van der Waals surface area contributed by atoms with E-state index in [9.17, 15) is 14.7 Å². The molecular weight excluding hydrogens is 396 g/mol. The maximum atomic E-state index is 13.3. The standard InChI is InChI=1S/C24H22N2O5/c1-30-19-14-12-17(13-15-19)25-23(27)20-21(16-8-4-2-5-9-16)26(31-22(20)24(28)29)18-10-6-3-7-11-18/h2-15,20-22H,1H3,(H,25,27)(H,28,29)/p-1/t20-,21-,22-/m1/s1. The van der Waals surface area contributed by atoms with Crippen molar-refractivity contribution in [3.05, 3.63) is 90.5 Å². The number of hydroxylamine groups is 1. The fraction of sp³-hybridized carbons (Fsp3) is 0.167. The van der Waals surface area contributed by atoms with E-state index < -0.39 is 29.9 Å². The lowest BCUT2D eigenvalue weighted by molar-refractivity contribution is -0.316. The molecule has 1 amide bonds. The van der Waals surface area contributed by atoms with E-state index >= 15 is 0 Å². The Balaban J connectivity index is 1.72. The molecule has 7 nitrogen and oxygen atoms in total. The number of rotatable bonds is 6. The van der Waals surface area contributed by atoms with Crippen molar-refractivity contribution in [1.29, 1.82) is 0 Å². The first-order valence-corrected chi connectivity index (χ1v) is 9.80. The third kappa shape index (κ3) is 4.22. The van der Waals surface area contributed by atoms with Gasteiger partial charge in [0.05, 0.1) is 30.7 Å². The van der Waals surface area contributed by atoms with Crippen LogP contribution in [-0.4, -0.2) is 25.1 Å². The Hall–Kier alpha value is -3.84. The first-order valence-electron chi connectivity index (χ1n) is 9.80. The minimum atomic E-state index is -1.45. The number of nitrogens with zero attached hydrogens (tertiary/aromatic N) is 1. The Labute approximate surface area is 179 Å². The molecule has 1 heterocycles. The number of ether oxygens (including phenoxy) is 1. The Morgan fingerprint density at radius 2 is 1.55 bits per heavy atom. The molecule has 0 unspecified atom stereocenters. The number of hydrogen-bond donors (Lipinski definition) is 1. The minimum absolute atomic E-state index is 0.480. The number of carbonyl (C=O) groups is 2. The van der Waals surface area contributed by atoms with Crippen LogP contribution >= 0.6 is 0 Å². The van der Waals surface area contributed by atoms with Gasteiger partial charge < -0.3 is 20.0 Å². The van der Waals surface area contributed by atoms with E-state index in [1.165, 1.54) is 5.06 Å². The van der Waals surface area contributed by atoms with E-state index in [-0.39, 0.29) is 0 Å². The number of carboxylic acid groups (broad SMARTS) is 1. The van der Waals surface area contributed by atoms with Gasteiger partial charge in [0.2, 0.25) is 5.91 Å². The molecule has 158 valence electrons. The molecule has 3 aromatic carbocycles. The topological polar surface area (TPSA) is 90.9 Å². The number of carbonyl (C=O) groups excluding carboxylic acids is 2. The van der Waals surface area contributed by atoms with Crippen molar-refractivity contribution in [3.8, 4) is 5.75 Å². The Kier molecular flexibility index (Phi) is 5.86. The molecule has 1 aliphatic rings.